The first-order valence-electron chi connectivity index (χ1n) is 5.87. The lowest BCUT2D eigenvalue weighted by molar-refractivity contribution is 0.749. The smallest absolute Gasteiger partial charge is 0.129 e. The highest BCUT2D eigenvalue weighted by Crippen LogP contribution is 2.31. The largest absolute Gasteiger partial charge is 0.354 e. The molecule has 4 heteroatoms. The van der Waals surface area contributed by atoms with Gasteiger partial charge in [0.2, 0.25) is 0 Å². The van der Waals surface area contributed by atoms with Crippen LogP contribution in [0.1, 0.15) is 31.7 Å². The molecular formula is C12H18ClN3. The van der Waals surface area contributed by atoms with Crippen LogP contribution in [0.4, 0.5) is 5.82 Å². The summed E-state index contributed by atoms with van der Waals surface area (Å²) in [7, 11) is 0. The second-order valence-corrected chi connectivity index (χ2v) is 4.67. The zero-order chi connectivity index (χ0) is 11.5. The Morgan fingerprint density at radius 3 is 2.88 bits per heavy atom. The lowest BCUT2D eigenvalue weighted by Crippen LogP contribution is -2.27. The Morgan fingerprint density at radius 2 is 2.31 bits per heavy atom. The van der Waals surface area contributed by atoms with Crippen molar-refractivity contribution in [2.45, 2.75) is 38.8 Å². The number of hydrogen-bond acceptors (Lipinski definition) is 3. The predicted molar refractivity (Wildman–Crippen MR) is 67.8 cm³/mol. The summed E-state index contributed by atoms with van der Waals surface area (Å²) < 4.78 is 0. The Kier molecular flexibility index (Phi) is 3.66. The van der Waals surface area contributed by atoms with E-state index in [9.17, 15) is 0 Å². The average Bonchev–Trinajstić information content (AvgIpc) is 3.11. The number of hydrogen-bond donors (Lipinski definition) is 1. The average molecular weight is 240 g/mol. The van der Waals surface area contributed by atoms with Gasteiger partial charge in [-0.1, -0.05) is 18.5 Å². The van der Waals surface area contributed by atoms with Crippen molar-refractivity contribution in [3.63, 3.8) is 0 Å². The zero-order valence-electron chi connectivity index (χ0n) is 9.62. The van der Waals surface area contributed by atoms with Gasteiger partial charge in [-0.05, 0) is 30.9 Å². The first-order chi connectivity index (χ1) is 7.76. The molecule has 1 fully saturated rings. The Bertz CT molecular complexity index is 363. The number of pyridine rings is 1. The monoisotopic (exact) mass is 239 g/mol. The Morgan fingerprint density at radius 1 is 1.56 bits per heavy atom. The molecule has 0 unspecified atom stereocenters. The Balaban J connectivity index is 2.23. The molecule has 1 aliphatic rings. The minimum Gasteiger partial charge on any atom is -0.354 e. The van der Waals surface area contributed by atoms with Crippen molar-refractivity contribution in [2.24, 2.45) is 5.73 Å². The zero-order valence-corrected chi connectivity index (χ0v) is 10.4. The highest BCUT2D eigenvalue weighted by molar-refractivity contribution is 6.31. The number of rotatable bonds is 5. The van der Waals surface area contributed by atoms with E-state index in [0.29, 0.717) is 17.6 Å². The first-order valence-corrected chi connectivity index (χ1v) is 6.25. The van der Waals surface area contributed by atoms with Gasteiger partial charge in [0.1, 0.15) is 5.82 Å². The molecule has 1 aromatic rings. The van der Waals surface area contributed by atoms with Gasteiger partial charge in [0.15, 0.2) is 0 Å². The molecule has 0 atom stereocenters. The molecule has 0 saturated heterocycles. The van der Waals surface area contributed by atoms with E-state index in [1.165, 1.54) is 12.8 Å². The van der Waals surface area contributed by atoms with Crippen LogP contribution in [0.25, 0.3) is 0 Å². The highest BCUT2D eigenvalue weighted by atomic mass is 35.5. The predicted octanol–water partition coefficient (Wildman–Crippen LogP) is 2.57. The fourth-order valence-electron chi connectivity index (χ4n) is 1.89. The molecule has 16 heavy (non-hydrogen) atoms. The maximum atomic E-state index is 6.01. The van der Waals surface area contributed by atoms with Crippen molar-refractivity contribution in [3.8, 4) is 0 Å². The van der Waals surface area contributed by atoms with Gasteiger partial charge in [-0.15, -0.1) is 0 Å². The lowest BCUT2D eigenvalue weighted by Gasteiger charge is -2.23. The van der Waals surface area contributed by atoms with Crippen molar-refractivity contribution < 1.29 is 0 Å². The molecule has 88 valence electrons. The second-order valence-electron chi connectivity index (χ2n) is 4.26. The van der Waals surface area contributed by atoms with Crippen molar-refractivity contribution in [2.75, 3.05) is 11.4 Å². The van der Waals surface area contributed by atoms with Gasteiger partial charge in [0, 0.05) is 25.3 Å². The van der Waals surface area contributed by atoms with Crippen molar-refractivity contribution >= 4 is 17.4 Å². The summed E-state index contributed by atoms with van der Waals surface area (Å²) in [5.41, 5.74) is 6.63. The maximum absolute atomic E-state index is 6.01. The van der Waals surface area contributed by atoms with E-state index in [-0.39, 0.29) is 0 Å². The van der Waals surface area contributed by atoms with E-state index in [4.69, 9.17) is 17.3 Å². The third-order valence-electron chi connectivity index (χ3n) is 2.89. The summed E-state index contributed by atoms with van der Waals surface area (Å²) in [5.74, 6) is 1.02. The molecule has 0 radical (unpaired) electrons. The standard InChI is InChI=1S/C12H18ClN3/c1-2-5-16(10-3-4-10)12-6-9(7-14)11(13)8-15-12/h6,8,10H,2-5,7,14H2,1H3. The Hall–Kier alpha value is -0.800. The third kappa shape index (κ3) is 2.47. The molecule has 0 bridgehead atoms. The molecule has 1 aromatic heterocycles. The van der Waals surface area contributed by atoms with Crippen molar-refractivity contribution in [1.29, 1.82) is 0 Å². The van der Waals surface area contributed by atoms with Crippen molar-refractivity contribution in [1.82, 2.24) is 4.98 Å². The van der Waals surface area contributed by atoms with Crippen LogP contribution < -0.4 is 10.6 Å². The number of halogens is 1. The van der Waals surface area contributed by atoms with Gasteiger partial charge in [-0.2, -0.15) is 0 Å². The van der Waals surface area contributed by atoms with E-state index >= 15 is 0 Å². The van der Waals surface area contributed by atoms with E-state index < -0.39 is 0 Å². The summed E-state index contributed by atoms with van der Waals surface area (Å²) in [4.78, 5) is 6.78. The molecule has 0 aliphatic heterocycles. The van der Waals surface area contributed by atoms with Crippen LogP contribution in [0.15, 0.2) is 12.3 Å². The fraction of sp³-hybridized carbons (Fsp3) is 0.583. The van der Waals surface area contributed by atoms with Gasteiger partial charge < -0.3 is 10.6 Å². The SMILES string of the molecule is CCCN(c1cc(CN)c(Cl)cn1)C1CC1. The maximum Gasteiger partial charge on any atom is 0.129 e. The summed E-state index contributed by atoms with van der Waals surface area (Å²) in [6.07, 6.45) is 5.41. The van der Waals surface area contributed by atoms with Crippen LogP contribution in [0, 0.1) is 0 Å². The fourth-order valence-corrected chi connectivity index (χ4v) is 2.07. The second kappa shape index (κ2) is 5.02. The van der Waals surface area contributed by atoms with E-state index in [0.717, 1.165) is 24.3 Å². The van der Waals surface area contributed by atoms with Gasteiger partial charge in [-0.3, -0.25) is 0 Å². The summed E-state index contributed by atoms with van der Waals surface area (Å²) in [5, 5.41) is 0.665. The first kappa shape index (κ1) is 11.7. The number of anilines is 1. The molecule has 2 N–H and O–H groups in total. The van der Waals surface area contributed by atoms with Crippen molar-refractivity contribution in [3.05, 3.63) is 22.8 Å². The van der Waals surface area contributed by atoms with Crippen LogP contribution >= 0.6 is 11.6 Å². The van der Waals surface area contributed by atoms with Crippen LogP contribution in [0.3, 0.4) is 0 Å². The minimum absolute atomic E-state index is 0.471. The summed E-state index contributed by atoms with van der Waals surface area (Å²) >= 11 is 6.01. The Labute approximate surface area is 102 Å². The van der Waals surface area contributed by atoms with Crippen LogP contribution in [0.5, 0.6) is 0 Å². The number of nitrogens with two attached hydrogens (primary N) is 1. The highest BCUT2D eigenvalue weighted by Gasteiger charge is 2.29. The van der Waals surface area contributed by atoms with Gasteiger partial charge in [-0.25, -0.2) is 4.98 Å². The molecule has 0 amide bonds. The molecule has 1 saturated carbocycles. The van der Waals surface area contributed by atoms with Gasteiger partial charge >= 0.3 is 0 Å². The number of nitrogens with zero attached hydrogens (tertiary/aromatic N) is 2. The van der Waals surface area contributed by atoms with Gasteiger partial charge in [0.05, 0.1) is 5.02 Å². The number of aromatic nitrogens is 1. The molecule has 1 heterocycles. The molecular weight excluding hydrogens is 222 g/mol. The molecule has 2 rings (SSSR count). The van der Waals surface area contributed by atoms with Crippen LogP contribution in [-0.2, 0) is 6.54 Å². The van der Waals surface area contributed by atoms with Crippen LogP contribution in [-0.4, -0.2) is 17.6 Å². The normalized spacial score (nSPS) is 15.2. The van der Waals surface area contributed by atoms with Crippen LogP contribution in [0.2, 0.25) is 5.02 Å². The van der Waals surface area contributed by atoms with E-state index in [1.54, 1.807) is 6.20 Å². The summed E-state index contributed by atoms with van der Waals surface area (Å²) in [6.45, 7) is 3.72. The summed E-state index contributed by atoms with van der Waals surface area (Å²) in [6, 6.07) is 2.70. The van der Waals surface area contributed by atoms with Gasteiger partial charge in [0.25, 0.3) is 0 Å². The molecule has 0 spiro atoms. The molecule has 1 aliphatic carbocycles. The topological polar surface area (TPSA) is 42.1 Å². The minimum atomic E-state index is 0.471. The quantitative estimate of drug-likeness (QED) is 0.859. The lowest BCUT2D eigenvalue weighted by atomic mass is 10.2. The third-order valence-corrected chi connectivity index (χ3v) is 3.23. The molecule has 0 aromatic carbocycles. The molecule has 3 nitrogen and oxygen atoms in total. The van der Waals surface area contributed by atoms with E-state index in [1.807, 2.05) is 6.07 Å². The van der Waals surface area contributed by atoms with E-state index in [2.05, 4.69) is 16.8 Å².